The summed E-state index contributed by atoms with van der Waals surface area (Å²) in [6.45, 7) is 10.6. The van der Waals surface area contributed by atoms with Crippen molar-refractivity contribution in [2.75, 3.05) is 19.8 Å². The summed E-state index contributed by atoms with van der Waals surface area (Å²) in [5.74, 6) is 0. The number of aromatic amines is 1. The average Bonchev–Trinajstić information content (AvgIpc) is 2.98. The fourth-order valence-corrected chi connectivity index (χ4v) is 2.74. The van der Waals surface area contributed by atoms with E-state index in [1.807, 2.05) is 13.0 Å². The Balaban J connectivity index is 1.81. The van der Waals surface area contributed by atoms with Gasteiger partial charge in [0.2, 0.25) is 0 Å². The maximum atomic E-state index is 12.4. The maximum Gasteiger partial charge on any atom is 0.272 e. The van der Waals surface area contributed by atoms with Crippen molar-refractivity contribution in [3.8, 4) is 0 Å². The van der Waals surface area contributed by atoms with Crippen molar-refractivity contribution >= 4 is 5.65 Å². The largest absolute Gasteiger partial charge is 0.377 e. The number of nitrogens with one attached hydrogen (secondary N) is 2. The summed E-state index contributed by atoms with van der Waals surface area (Å²) in [5, 5.41) is 6.58. The minimum Gasteiger partial charge on any atom is -0.377 e. The van der Waals surface area contributed by atoms with Crippen LogP contribution in [0.3, 0.4) is 0 Å². The molecule has 0 bridgehead atoms. The molecule has 1 aliphatic heterocycles. The summed E-state index contributed by atoms with van der Waals surface area (Å²) < 4.78 is 6.96. The van der Waals surface area contributed by atoms with Gasteiger partial charge in [-0.25, -0.2) is 9.50 Å². The molecule has 1 atom stereocenters. The molecule has 1 unspecified atom stereocenters. The van der Waals surface area contributed by atoms with Crippen LogP contribution in [0.4, 0.5) is 0 Å². The van der Waals surface area contributed by atoms with Crippen LogP contribution in [-0.2, 0) is 10.2 Å². The Morgan fingerprint density at radius 3 is 2.88 bits per heavy atom. The third-order valence-corrected chi connectivity index (χ3v) is 4.34. The molecule has 2 N–H and O–H groups in total. The van der Waals surface area contributed by atoms with Crippen LogP contribution in [-0.4, -0.2) is 34.4 Å². The molecule has 0 spiro atoms. The molecule has 0 radical (unpaired) electrons. The van der Waals surface area contributed by atoms with Gasteiger partial charge in [0.05, 0.1) is 18.9 Å². The van der Waals surface area contributed by atoms with Crippen LogP contribution in [0.25, 0.3) is 5.65 Å². The number of hydrogen-bond donors (Lipinski definition) is 2. The lowest BCUT2D eigenvalue weighted by Crippen LogP contribution is -2.26. The van der Waals surface area contributed by atoms with E-state index in [0.29, 0.717) is 12.3 Å². The zero-order valence-electron chi connectivity index (χ0n) is 14.8. The van der Waals surface area contributed by atoms with E-state index in [1.54, 1.807) is 6.07 Å². The topological polar surface area (TPSA) is 71.4 Å². The highest BCUT2D eigenvalue weighted by atomic mass is 16.5. The van der Waals surface area contributed by atoms with Gasteiger partial charge in [-0.05, 0) is 18.9 Å². The van der Waals surface area contributed by atoms with Gasteiger partial charge in [0.1, 0.15) is 0 Å². The Labute approximate surface area is 141 Å². The lowest BCUT2D eigenvalue weighted by molar-refractivity contribution is 0.148. The second kappa shape index (κ2) is 6.53. The Morgan fingerprint density at radius 2 is 2.21 bits per heavy atom. The summed E-state index contributed by atoms with van der Waals surface area (Å²) in [6, 6.07) is 3.55. The van der Waals surface area contributed by atoms with E-state index in [9.17, 15) is 4.79 Å². The van der Waals surface area contributed by atoms with Gasteiger partial charge in [0, 0.05) is 35.8 Å². The van der Waals surface area contributed by atoms with Gasteiger partial charge in [-0.15, -0.1) is 0 Å². The number of nitrogens with zero attached hydrogens (tertiary/aromatic N) is 2. The summed E-state index contributed by atoms with van der Waals surface area (Å²) in [6.07, 6.45) is 3.19. The third kappa shape index (κ3) is 3.60. The molecule has 6 nitrogen and oxygen atoms in total. The van der Waals surface area contributed by atoms with Crippen LogP contribution in [0.1, 0.15) is 51.5 Å². The van der Waals surface area contributed by atoms with Crippen molar-refractivity contribution < 1.29 is 4.74 Å². The van der Waals surface area contributed by atoms with Crippen LogP contribution in [0, 0.1) is 0 Å². The fourth-order valence-electron chi connectivity index (χ4n) is 2.74. The van der Waals surface area contributed by atoms with Gasteiger partial charge >= 0.3 is 0 Å². The van der Waals surface area contributed by atoms with Crippen LogP contribution in [0.2, 0.25) is 0 Å². The van der Waals surface area contributed by atoms with Gasteiger partial charge in [0.25, 0.3) is 5.56 Å². The first-order valence-electron chi connectivity index (χ1n) is 8.47. The Kier molecular flexibility index (Phi) is 4.60. The van der Waals surface area contributed by atoms with Crippen molar-refractivity contribution in [1.29, 1.82) is 0 Å². The van der Waals surface area contributed by atoms with Crippen molar-refractivity contribution in [3.05, 3.63) is 45.5 Å². The highest BCUT2D eigenvalue weighted by molar-refractivity contribution is 5.41. The minimum absolute atomic E-state index is 0.00138. The van der Waals surface area contributed by atoms with Crippen LogP contribution >= 0.6 is 0 Å². The van der Waals surface area contributed by atoms with Gasteiger partial charge < -0.3 is 10.1 Å². The molecule has 0 saturated heterocycles. The van der Waals surface area contributed by atoms with Crippen LogP contribution in [0.15, 0.2) is 28.6 Å². The molecular weight excluding hydrogens is 304 g/mol. The van der Waals surface area contributed by atoms with Crippen molar-refractivity contribution in [1.82, 2.24) is 19.9 Å². The molecule has 0 saturated carbocycles. The average molecular weight is 330 g/mol. The van der Waals surface area contributed by atoms with Crippen LogP contribution < -0.4 is 10.9 Å². The standard InChI is InChI=1S/C18H26N4O2/c1-12(19-10-13-6-5-7-24-11-13)14-8-17(23)22-16(20-14)9-15(21-22)18(2,3)4/h6,8-9,12,19,21H,5,7,10-11H2,1-4H3. The number of fused-ring (bicyclic) bond motifs is 1. The van der Waals surface area contributed by atoms with E-state index in [-0.39, 0.29) is 17.0 Å². The predicted molar refractivity (Wildman–Crippen MR) is 94.4 cm³/mol. The number of H-pyrrole nitrogens is 1. The summed E-state index contributed by atoms with van der Waals surface area (Å²) in [5.41, 5.74) is 3.53. The minimum atomic E-state index is -0.0839. The lowest BCUT2D eigenvalue weighted by atomic mass is 9.93. The molecule has 0 amide bonds. The molecule has 2 aromatic heterocycles. The second-order valence-corrected chi connectivity index (χ2v) is 7.44. The smallest absolute Gasteiger partial charge is 0.272 e. The van der Waals surface area contributed by atoms with Crippen LogP contribution in [0.5, 0.6) is 0 Å². The Bertz CT molecular complexity index is 811. The van der Waals surface area contributed by atoms with Crippen molar-refractivity contribution in [2.24, 2.45) is 0 Å². The monoisotopic (exact) mass is 330 g/mol. The highest BCUT2D eigenvalue weighted by Crippen LogP contribution is 2.21. The molecule has 24 heavy (non-hydrogen) atoms. The van der Waals surface area contributed by atoms with Crippen molar-refractivity contribution in [3.63, 3.8) is 0 Å². The molecular formula is C18H26N4O2. The number of aromatic nitrogens is 3. The first-order chi connectivity index (χ1) is 11.3. The second-order valence-electron chi connectivity index (χ2n) is 7.44. The molecule has 3 rings (SSSR count). The zero-order chi connectivity index (χ0) is 17.3. The lowest BCUT2D eigenvalue weighted by Gasteiger charge is -2.17. The zero-order valence-corrected chi connectivity index (χ0v) is 14.8. The Hall–Kier alpha value is -1.92. The normalized spacial score (nSPS) is 17.1. The van der Waals surface area contributed by atoms with E-state index >= 15 is 0 Å². The Morgan fingerprint density at radius 1 is 1.42 bits per heavy atom. The molecule has 1 aliphatic rings. The molecule has 6 heteroatoms. The summed E-state index contributed by atoms with van der Waals surface area (Å²) in [7, 11) is 0. The first kappa shape index (κ1) is 16.9. The highest BCUT2D eigenvalue weighted by Gasteiger charge is 2.19. The van der Waals surface area contributed by atoms with Gasteiger partial charge in [-0.3, -0.25) is 9.89 Å². The van der Waals surface area contributed by atoms with Gasteiger partial charge in [-0.2, -0.15) is 0 Å². The van der Waals surface area contributed by atoms with E-state index in [1.165, 1.54) is 10.1 Å². The summed E-state index contributed by atoms with van der Waals surface area (Å²) >= 11 is 0. The van der Waals surface area contributed by atoms with E-state index < -0.39 is 0 Å². The van der Waals surface area contributed by atoms with Crippen molar-refractivity contribution in [2.45, 2.75) is 45.6 Å². The molecule has 3 heterocycles. The van der Waals surface area contributed by atoms with Gasteiger partial charge in [0.15, 0.2) is 5.65 Å². The predicted octanol–water partition coefficient (Wildman–Crippen LogP) is 2.32. The SMILES string of the molecule is CC(NCC1=CCCOC1)c1cc(=O)n2[nH]c(C(C)(C)C)cc2n1. The summed E-state index contributed by atoms with van der Waals surface area (Å²) in [4.78, 5) is 17.0. The van der Waals surface area contributed by atoms with E-state index in [0.717, 1.165) is 31.0 Å². The third-order valence-electron chi connectivity index (χ3n) is 4.34. The van der Waals surface area contributed by atoms with E-state index in [2.05, 4.69) is 42.2 Å². The van der Waals surface area contributed by atoms with E-state index in [4.69, 9.17) is 4.74 Å². The molecule has 2 aromatic rings. The number of rotatable bonds is 4. The first-order valence-corrected chi connectivity index (χ1v) is 8.47. The molecule has 0 aromatic carbocycles. The molecule has 0 fully saturated rings. The molecule has 130 valence electrons. The number of hydrogen-bond acceptors (Lipinski definition) is 4. The quantitative estimate of drug-likeness (QED) is 0.844. The maximum absolute atomic E-state index is 12.4. The fraction of sp³-hybridized carbons (Fsp3) is 0.556. The number of ether oxygens (including phenoxy) is 1. The van der Waals surface area contributed by atoms with Gasteiger partial charge in [-0.1, -0.05) is 26.8 Å². The molecule has 0 aliphatic carbocycles.